The van der Waals surface area contributed by atoms with Crippen LogP contribution >= 0.6 is 0 Å². The molecule has 0 atom stereocenters. The zero-order valence-corrected chi connectivity index (χ0v) is 13.9. The highest BCUT2D eigenvalue weighted by Gasteiger charge is 2.37. The summed E-state index contributed by atoms with van der Waals surface area (Å²) >= 11 is 0. The Morgan fingerprint density at radius 3 is 2.00 bits per heavy atom. The van der Waals surface area contributed by atoms with Gasteiger partial charge in [-0.2, -0.15) is 0 Å². The molecule has 2 nitrogen and oxygen atoms in total. The highest BCUT2D eigenvalue weighted by atomic mass is 15.1. The van der Waals surface area contributed by atoms with Gasteiger partial charge in [0.25, 0.3) is 0 Å². The zero-order valence-electron chi connectivity index (χ0n) is 13.9. The third kappa shape index (κ3) is 4.32. The van der Waals surface area contributed by atoms with Crippen LogP contribution in [0.1, 0.15) is 57.2 Å². The van der Waals surface area contributed by atoms with Crippen molar-refractivity contribution in [3.05, 3.63) is 34.9 Å². The van der Waals surface area contributed by atoms with Crippen molar-refractivity contribution in [1.29, 1.82) is 0 Å². The monoisotopic (exact) mass is 274 g/mol. The van der Waals surface area contributed by atoms with Crippen LogP contribution in [0.2, 0.25) is 0 Å². The van der Waals surface area contributed by atoms with Crippen LogP contribution < -0.4 is 10.6 Å². The van der Waals surface area contributed by atoms with Crippen LogP contribution in [0.25, 0.3) is 0 Å². The van der Waals surface area contributed by atoms with E-state index in [1.165, 1.54) is 29.5 Å². The second kappa shape index (κ2) is 5.50. The Morgan fingerprint density at radius 2 is 1.50 bits per heavy atom. The number of rotatable bonds is 3. The van der Waals surface area contributed by atoms with E-state index in [9.17, 15) is 0 Å². The maximum atomic E-state index is 3.76. The van der Waals surface area contributed by atoms with Crippen molar-refractivity contribution in [3.8, 4) is 0 Å². The molecule has 2 N–H and O–H groups in total. The van der Waals surface area contributed by atoms with E-state index in [-0.39, 0.29) is 11.1 Å². The molecular weight excluding hydrogens is 244 g/mol. The van der Waals surface area contributed by atoms with Gasteiger partial charge in [0.1, 0.15) is 0 Å². The van der Waals surface area contributed by atoms with Crippen molar-refractivity contribution in [1.82, 2.24) is 10.6 Å². The summed E-state index contributed by atoms with van der Waals surface area (Å²) in [5, 5.41) is 7.50. The summed E-state index contributed by atoms with van der Waals surface area (Å²) < 4.78 is 0. The van der Waals surface area contributed by atoms with Gasteiger partial charge in [0, 0.05) is 23.7 Å². The predicted octanol–water partition coefficient (Wildman–Crippen LogP) is 3.70. The van der Waals surface area contributed by atoms with E-state index in [1.807, 2.05) is 0 Å². The lowest BCUT2D eigenvalue weighted by molar-refractivity contribution is 0.145. The molecule has 1 saturated heterocycles. The molecule has 1 aliphatic rings. The summed E-state index contributed by atoms with van der Waals surface area (Å²) in [5.74, 6) is 0. The van der Waals surface area contributed by atoms with Gasteiger partial charge < -0.3 is 10.6 Å². The molecule has 1 aromatic rings. The van der Waals surface area contributed by atoms with Gasteiger partial charge in [-0.1, -0.05) is 29.3 Å². The molecule has 0 saturated carbocycles. The van der Waals surface area contributed by atoms with Gasteiger partial charge in [-0.15, -0.1) is 0 Å². The van der Waals surface area contributed by atoms with Crippen LogP contribution in [0.4, 0.5) is 0 Å². The molecule has 0 spiro atoms. The molecule has 1 fully saturated rings. The van der Waals surface area contributed by atoms with Crippen molar-refractivity contribution in [2.75, 3.05) is 0 Å². The van der Waals surface area contributed by atoms with E-state index in [4.69, 9.17) is 0 Å². The molecule has 1 heterocycles. The maximum absolute atomic E-state index is 3.76. The molecule has 0 unspecified atom stereocenters. The van der Waals surface area contributed by atoms with E-state index in [1.54, 1.807) is 0 Å². The quantitative estimate of drug-likeness (QED) is 0.878. The lowest BCUT2D eigenvalue weighted by Gasteiger charge is -2.46. The summed E-state index contributed by atoms with van der Waals surface area (Å²) in [7, 11) is 0. The predicted molar refractivity (Wildman–Crippen MR) is 87.1 cm³/mol. The highest BCUT2D eigenvalue weighted by molar-refractivity contribution is 5.28. The first kappa shape index (κ1) is 15.5. The number of nitrogens with one attached hydrogen (secondary N) is 2. The minimum atomic E-state index is 0.210. The first-order chi connectivity index (χ1) is 9.15. The Kier molecular flexibility index (Phi) is 4.27. The van der Waals surface area contributed by atoms with Crippen molar-refractivity contribution in [3.63, 3.8) is 0 Å². The SMILES string of the molecule is Cc1cc(C)cc(CNC2CC(C)(C)NC(C)(C)C2)c1. The lowest BCUT2D eigenvalue weighted by Crippen LogP contribution is -2.61. The van der Waals surface area contributed by atoms with E-state index in [0.29, 0.717) is 6.04 Å². The number of aryl methyl sites for hydroxylation is 2. The average molecular weight is 274 g/mol. The summed E-state index contributed by atoms with van der Waals surface area (Å²) in [5.41, 5.74) is 4.53. The molecule has 0 aromatic heterocycles. The summed E-state index contributed by atoms with van der Waals surface area (Å²) in [6.07, 6.45) is 2.36. The van der Waals surface area contributed by atoms with Crippen LogP contribution in [-0.4, -0.2) is 17.1 Å². The minimum absolute atomic E-state index is 0.210. The molecule has 0 aliphatic carbocycles. The summed E-state index contributed by atoms with van der Waals surface area (Å²) in [6, 6.07) is 7.40. The Balaban J connectivity index is 1.99. The molecule has 20 heavy (non-hydrogen) atoms. The van der Waals surface area contributed by atoms with Gasteiger partial charge in [0.2, 0.25) is 0 Å². The molecular formula is C18H30N2. The third-order valence-electron chi connectivity index (χ3n) is 4.07. The topological polar surface area (TPSA) is 24.1 Å². The molecule has 2 rings (SSSR count). The molecule has 1 aliphatic heterocycles. The van der Waals surface area contributed by atoms with Gasteiger partial charge in [0.15, 0.2) is 0 Å². The maximum Gasteiger partial charge on any atom is 0.0208 e. The van der Waals surface area contributed by atoms with Crippen molar-refractivity contribution < 1.29 is 0 Å². The number of hydrogen-bond donors (Lipinski definition) is 2. The van der Waals surface area contributed by atoms with Gasteiger partial charge in [0.05, 0.1) is 0 Å². The van der Waals surface area contributed by atoms with Gasteiger partial charge in [-0.3, -0.25) is 0 Å². The van der Waals surface area contributed by atoms with Crippen molar-refractivity contribution >= 4 is 0 Å². The van der Waals surface area contributed by atoms with E-state index >= 15 is 0 Å². The molecule has 0 bridgehead atoms. The fraction of sp³-hybridized carbons (Fsp3) is 0.667. The van der Waals surface area contributed by atoms with Crippen LogP contribution in [0.3, 0.4) is 0 Å². The first-order valence-electron chi connectivity index (χ1n) is 7.75. The normalized spacial score (nSPS) is 21.9. The molecule has 2 heteroatoms. The number of piperidine rings is 1. The summed E-state index contributed by atoms with van der Waals surface area (Å²) in [6.45, 7) is 14.5. The minimum Gasteiger partial charge on any atom is -0.310 e. The Labute approximate surface area is 124 Å². The molecule has 0 amide bonds. The fourth-order valence-electron chi connectivity index (χ4n) is 3.90. The largest absolute Gasteiger partial charge is 0.310 e. The van der Waals surface area contributed by atoms with Crippen LogP contribution in [-0.2, 0) is 6.54 Å². The third-order valence-corrected chi connectivity index (χ3v) is 4.07. The molecule has 112 valence electrons. The van der Waals surface area contributed by atoms with Crippen molar-refractivity contribution in [2.45, 2.75) is 78.0 Å². The zero-order chi connectivity index (χ0) is 15.0. The van der Waals surface area contributed by atoms with Crippen LogP contribution in [0.15, 0.2) is 18.2 Å². The van der Waals surface area contributed by atoms with Gasteiger partial charge >= 0.3 is 0 Å². The molecule has 1 aromatic carbocycles. The van der Waals surface area contributed by atoms with Crippen molar-refractivity contribution in [2.24, 2.45) is 0 Å². The average Bonchev–Trinajstić information content (AvgIpc) is 2.20. The highest BCUT2D eigenvalue weighted by Crippen LogP contribution is 2.28. The Hall–Kier alpha value is -0.860. The van der Waals surface area contributed by atoms with E-state index in [0.717, 1.165) is 6.54 Å². The second-order valence-corrected chi connectivity index (χ2v) is 7.87. The Bertz CT molecular complexity index is 438. The van der Waals surface area contributed by atoms with E-state index in [2.05, 4.69) is 70.4 Å². The first-order valence-corrected chi connectivity index (χ1v) is 7.75. The van der Waals surface area contributed by atoms with Crippen LogP contribution in [0, 0.1) is 13.8 Å². The van der Waals surface area contributed by atoms with Gasteiger partial charge in [-0.25, -0.2) is 0 Å². The lowest BCUT2D eigenvalue weighted by atomic mass is 9.79. The molecule has 0 radical (unpaired) electrons. The second-order valence-electron chi connectivity index (χ2n) is 7.87. The van der Waals surface area contributed by atoms with Crippen LogP contribution in [0.5, 0.6) is 0 Å². The van der Waals surface area contributed by atoms with Gasteiger partial charge in [-0.05, 0) is 59.9 Å². The standard InChI is InChI=1S/C18H30N2/c1-13-7-14(2)9-15(8-13)12-19-16-10-17(3,4)20-18(5,6)11-16/h7-9,16,19-20H,10-12H2,1-6H3. The smallest absolute Gasteiger partial charge is 0.0208 e. The summed E-state index contributed by atoms with van der Waals surface area (Å²) in [4.78, 5) is 0. The van der Waals surface area contributed by atoms with E-state index < -0.39 is 0 Å². The fourth-order valence-corrected chi connectivity index (χ4v) is 3.90. The number of hydrogen-bond acceptors (Lipinski definition) is 2. The number of benzene rings is 1. The Morgan fingerprint density at radius 1 is 1.00 bits per heavy atom.